The quantitative estimate of drug-likeness (QED) is 0.870. The summed E-state index contributed by atoms with van der Waals surface area (Å²) in [6.45, 7) is 3.54. The van der Waals surface area contributed by atoms with Gasteiger partial charge >= 0.3 is 0 Å². The summed E-state index contributed by atoms with van der Waals surface area (Å²) in [5, 5.41) is 11.1. The second kappa shape index (κ2) is 7.54. The highest BCUT2D eigenvalue weighted by molar-refractivity contribution is 5.82. The van der Waals surface area contributed by atoms with Gasteiger partial charge in [0.25, 0.3) is 5.91 Å². The first-order chi connectivity index (χ1) is 14.1. The summed E-state index contributed by atoms with van der Waals surface area (Å²) in [4.78, 5) is 17.7. The molecular weight excluding hydrogens is 367 g/mol. The molecule has 2 aromatic rings. The van der Waals surface area contributed by atoms with Gasteiger partial charge in [-0.1, -0.05) is 36.4 Å². The zero-order valence-corrected chi connectivity index (χ0v) is 16.5. The van der Waals surface area contributed by atoms with E-state index < -0.39 is 6.10 Å². The summed E-state index contributed by atoms with van der Waals surface area (Å²) in [6, 6.07) is 14.2. The molecule has 1 amide bonds. The molecule has 0 aliphatic carbocycles. The van der Waals surface area contributed by atoms with E-state index in [9.17, 15) is 14.3 Å². The number of amides is 1. The van der Waals surface area contributed by atoms with E-state index in [1.165, 1.54) is 17.7 Å². The lowest BCUT2D eigenvalue weighted by Crippen LogP contribution is -2.56. The molecule has 2 bridgehead atoms. The number of aliphatic hydroxyl groups excluding tert-OH is 1. The minimum Gasteiger partial charge on any atom is -0.383 e. The predicted octanol–water partition coefficient (Wildman–Crippen LogP) is 3.00. The van der Waals surface area contributed by atoms with Gasteiger partial charge in [-0.3, -0.25) is 4.79 Å². The Balaban J connectivity index is 1.47. The van der Waals surface area contributed by atoms with Crippen LogP contribution >= 0.6 is 0 Å². The van der Waals surface area contributed by atoms with E-state index in [0.29, 0.717) is 12.5 Å². The number of aliphatic hydroxyl groups is 1. The summed E-state index contributed by atoms with van der Waals surface area (Å²) in [5.41, 5.74) is 3.16. The van der Waals surface area contributed by atoms with E-state index in [-0.39, 0.29) is 23.7 Å². The number of nitrogens with zero attached hydrogens (tertiary/aromatic N) is 2. The third-order valence-electron chi connectivity index (χ3n) is 7.12. The molecule has 6 rings (SSSR count). The number of halogens is 1. The SMILES string of the molecule is O=C(C(O)C1CN2CCC1CC2)N1CCc2ccccc2[C@@H]1c1ccc(F)cc1. The van der Waals surface area contributed by atoms with Gasteiger partial charge in [-0.15, -0.1) is 0 Å². The molecule has 3 saturated heterocycles. The number of hydrogen-bond donors (Lipinski definition) is 1. The number of benzene rings is 2. The molecule has 1 N–H and O–H groups in total. The predicted molar refractivity (Wildman–Crippen MR) is 109 cm³/mol. The lowest BCUT2D eigenvalue weighted by Gasteiger charge is -2.47. The molecule has 3 fully saturated rings. The van der Waals surface area contributed by atoms with Crippen molar-refractivity contribution in [3.8, 4) is 0 Å². The Kier molecular flexibility index (Phi) is 4.88. The molecule has 2 aromatic carbocycles. The lowest BCUT2D eigenvalue weighted by atomic mass is 9.75. The molecular formula is C24H27FN2O2. The highest BCUT2D eigenvalue weighted by atomic mass is 19.1. The van der Waals surface area contributed by atoms with E-state index >= 15 is 0 Å². The van der Waals surface area contributed by atoms with Crippen LogP contribution in [0, 0.1) is 17.7 Å². The van der Waals surface area contributed by atoms with Crippen LogP contribution in [0.15, 0.2) is 48.5 Å². The van der Waals surface area contributed by atoms with E-state index in [1.54, 1.807) is 12.1 Å². The van der Waals surface area contributed by atoms with Gasteiger partial charge in [0.05, 0.1) is 6.04 Å². The molecule has 0 aromatic heterocycles. The summed E-state index contributed by atoms with van der Waals surface area (Å²) < 4.78 is 13.5. The van der Waals surface area contributed by atoms with Crippen molar-refractivity contribution in [3.05, 3.63) is 71.0 Å². The first kappa shape index (κ1) is 18.8. The zero-order valence-electron chi connectivity index (χ0n) is 16.5. The van der Waals surface area contributed by atoms with E-state index in [0.717, 1.165) is 50.0 Å². The number of hydrogen-bond acceptors (Lipinski definition) is 3. The Bertz CT molecular complexity index is 892. The second-order valence-electron chi connectivity index (χ2n) is 8.68. The van der Waals surface area contributed by atoms with Crippen LogP contribution in [0.4, 0.5) is 4.39 Å². The van der Waals surface area contributed by atoms with Crippen molar-refractivity contribution in [2.75, 3.05) is 26.2 Å². The molecule has 0 radical (unpaired) electrons. The molecule has 29 heavy (non-hydrogen) atoms. The Morgan fingerprint density at radius 3 is 2.45 bits per heavy atom. The average Bonchev–Trinajstić information content (AvgIpc) is 2.78. The maximum Gasteiger partial charge on any atom is 0.252 e. The average molecular weight is 394 g/mol. The Labute approximate surface area is 170 Å². The molecule has 4 aliphatic rings. The van der Waals surface area contributed by atoms with Crippen molar-refractivity contribution in [1.29, 1.82) is 0 Å². The maximum absolute atomic E-state index is 13.5. The fourth-order valence-corrected chi connectivity index (χ4v) is 5.53. The summed E-state index contributed by atoms with van der Waals surface area (Å²) in [6.07, 6.45) is 1.93. The van der Waals surface area contributed by atoms with Crippen molar-refractivity contribution in [2.24, 2.45) is 11.8 Å². The highest BCUT2D eigenvalue weighted by Gasteiger charge is 2.43. The van der Waals surface area contributed by atoms with Gasteiger partial charge in [0.2, 0.25) is 0 Å². The van der Waals surface area contributed by atoms with Crippen molar-refractivity contribution >= 4 is 5.91 Å². The van der Waals surface area contributed by atoms with Crippen LogP contribution < -0.4 is 0 Å². The molecule has 4 aliphatic heterocycles. The van der Waals surface area contributed by atoms with E-state index in [4.69, 9.17) is 0 Å². The molecule has 4 nitrogen and oxygen atoms in total. The molecule has 152 valence electrons. The van der Waals surface area contributed by atoms with Crippen LogP contribution in [0.1, 0.15) is 35.6 Å². The third kappa shape index (κ3) is 3.36. The van der Waals surface area contributed by atoms with Gasteiger partial charge in [-0.25, -0.2) is 4.39 Å². The fourth-order valence-electron chi connectivity index (χ4n) is 5.53. The smallest absolute Gasteiger partial charge is 0.252 e. The monoisotopic (exact) mass is 394 g/mol. The topological polar surface area (TPSA) is 43.8 Å². The standard InChI is InChI=1S/C24H27FN2O2/c25-19-7-5-18(6-8-19)22-20-4-2-1-3-16(20)11-14-27(22)24(29)23(28)21-15-26-12-9-17(21)10-13-26/h1-8,17,21-23,28H,9-15H2/t21?,22-,23?/m0/s1. The van der Waals surface area contributed by atoms with Gasteiger partial charge < -0.3 is 14.9 Å². The Morgan fingerprint density at radius 2 is 1.76 bits per heavy atom. The van der Waals surface area contributed by atoms with E-state index in [1.807, 2.05) is 23.1 Å². The van der Waals surface area contributed by atoms with Gasteiger partial charge in [0, 0.05) is 19.0 Å². The first-order valence-corrected chi connectivity index (χ1v) is 10.7. The number of carbonyl (C=O) groups is 1. The van der Waals surface area contributed by atoms with Crippen LogP contribution in [0.2, 0.25) is 0 Å². The van der Waals surface area contributed by atoms with Crippen molar-refractivity contribution in [2.45, 2.75) is 31.4 Å². The molecule has 4 heterocycles. The van der Waals surface area contributed by atoms with Crippen molar-refractivity contribution in [3.63, 3.8) is 0 Å². The van der Waals surface area contributed by atoms with Gasteiger partial charge in [0.15, 0.2) is 0 Å². The molecule has 5 heteroatoms. The van der Waals surface area contributed by atoms with Crippen LogP contribution in [0.3, 0.4) is 0 Å². The van der Waals surface area contributed by atoms with Gasteiger partial charge in [-0.2, -0.15) is 0 Å². The van der Waals surface area contributed by atoms with Crippen LogP contribution in [0.25, 0.3) is 0 Å². The molecule has 3 atom stereocenters. The van der Waals surface area contributed by atoms with Gasteiger partial charge in [-0.05, 0) is 67.1 Å². The second-order valence-corrected chi connectivity index (χ2v) is 8.68. The number of carbonyl (C=O) groups excluding carboxylic acids is 1. The van der Waals surface area contributed by atoms with Crippen LogP contribution in [0.5, 0.6) is 0 Å². The highest BCUT2D eigenvalue weighted by Crippen LogP contribution is 2.39. The normalized spacial score (nSPS) is 29.4. The summed E-state index contributed by atoms with van der Waals surface area (Å²) in [7, 11) is 0. The number of fused-ring (bicyclic) bond motifs is 4. The van der Waals surface area contributed by atoms with Crippen molar-refractivity contribution in [1.82, 2.24) is 9.80 Å². The minimum atomic E-state index is -0.976. The third-order valence-corrected chi connectivity index (χ3v) is 7.12. The van der Waals surface area contributed by atoms with Crippen LogP contribution in [-0.4, -0.2) is 53.1 Å². The summed E-state index contributed by atoms with van der Waals surface area (Å²) >= 11 is 0. The molecule has 0 saturated carbocycles. The maximum atomic E-state index is 13.5. The molecule has 0 spiro atoms. The minimum absolute atomic E-state index is 0.0102. The Morgan fingerprint density at radius 1 is 1.03 bits per heavy atom. The number of rotatable bonds is 3. The fraction of sp³-hybridized carbons (Fsp3) is 0.458. The van der Waals surface area contributed by atoms with Crippen LogP contribution in [-0.2, 0) is 11.2 Å². The largest absolute Gasteiger partial charge is 0.383 e. The van der Waals surface area contributed by atoms with E-state index in [2.05, 4.69) is 11.0 Å². The number of piperidine rings is 3. The Hall–Kier alpha value is -2.24. The van der Waals surface area contributed by atoms with Crippen molar-refractivity contribution < 1.29 is 14.3 Å². The molecule has 2 unspecified atom stereocenters. The first-order valence-electron chi connectivity index (χ1n) is 10.7. The van der Waals surface area contributed by atoms with Gasteiger partial charge in [0.1, 0.15) is 11.9 Å². The zero-order chi connectivity index (χ0) is 20.0. The lowest BCUT2D eigenvalue weighted by molar-refractivity contribution is -0.150. The summed E-state index contributed by atoms with van der Waals surface area (Å²) in [5.74, 6) is -0.0352.